The van der Waals surface area contributed by atoms with Crippen molar-refractivity contribution in [3.63, 3.8) is 0 Å². The second kappa shape index (κ2) is 8.52. The van der Waals surface area contributed by atoms with E-state index in [-0.39, 0.29) is 24.2 Å². The van der Waals surface area contributed by atoms with Crippen molar-refractivity contribution in [1.29, 1.82) is 0 Å². The number of anilines is 3. The van der Waals surface area contributed by atoms with Crippen LogP contribution in [-0.4, -0.2) is 29.9 Å². The van der Waals surface area contributed by atoms with E-state index in [4.69, 9.17) is 0 Å². The predicted octanol–water partition coefficient (Wildman–Crippen LogP) is 3.52. The lowest BCUT2D eigenvalue weighted by molar-refractivity contribution is -0.137. The van der Waals surface area contributed by atoms with E-state index in [0.717, 1.165) is 12.3 Å². The first-order valence-electron chi connectivity index (χ1n) is 8.14. The number of hydrogen-bond donors (Lipinski definition) is 2. The summed E-state index contributed by atoms with van der Waals surface area (Å²) in [6.07, 6.45) is -3.71. The first kappa shape index (κ1) is 20.2. The summed E-state index contributed by atoms with van der Waals surface area (Å²) in [5.41, 5.74) is 0.293. The van der Waals surface area contributed by atoms with Gasteiger partial charge in [0, 0.05) is 31.0 Å². The summed E-state index contributed by atoms with van der Waals surface area (Å²) < 4.78 is 37.8. The maximum atomic E-state index is 12.6. The van der Waals surface area contributed by atoms with Gasteiger partial charge in [0.15, 0.2) is 0 Å². The van der Waals surface area contributed by atoms with E-state index in [1.807, 2.05) is 0 Å². The standard InChI is InChI=1S/C18H19F3N4O2/c1-3-25(16-9-4-13(10-22-16)18(19,20)21)11-17(27)24-15-7-5-14(6-8-15)23-12(2)26/h4-10H,3,11H2,1-2H3,(H,23,26)(H,24,27). The maximum Gasteiger partial charge on any atom is 0.417 e. The lowest BCUT2D eigenvalue weighted by atomic mass is 10.2. The highest BCUT2D eigenvalue weighted by Crippen LogP contribution is 2.29. The van der Waals surface area contributed by atoms with E-state index in [0.29, 0.717) is 17.9 Å². The number of nitrogens with one attached hydrogen (secondary N) is 2. The highest BCUT2D eigenvalue weighted by molar-refractivity contribution is 5.94. The molecule has 0 saturated carbocycles. The topological polar surface area (TPSA) is 74.3 Å². The van der Waals surface area contributed by atoms with Gasteiger partial charge >= 0.3 is 6.18 Å². The van der Waals surface area contributed by atoms with Gasteiger partial charge in [0.1, 0.15) is 5.82 Å². The van der Waals surface area contributed by atoms with Crippen molar-refractivity contribution in [3.05, 3.63) is 48.2 Å². The Labute approximate surface area is 154 Å². The minimum atomic E-state index is -4.46. The summed E-state index contributed by atoms with van der Waals surface area (Å²) >= 11 is 0. The summed E-state index contributed by atoms with van der Waals surface area (Å²) in [4.78, 5) is 28.6. The molecular formula is C18H19F3N4O2. The Balaban J connectivity index is 1.99. The number of carbonyl (C=O) groups excluding carboxylic acids is 2. The molecule has 0 bridgehead atoms. The Kier molecular flexibility index (Phi) is 6.38. The number of aromatic nitrogens is 1. The smallest absolute Gasteiger partial charge is 0.348 e. The molecule has 1 heterocycles. The van der Waals surface area contributed by atoms with Crippen LogP contribution in [0.2, 0.25) is 0 Å². The minimum absolute atomic E-state index is 0.0672. The monoisotopic (exact) mass is 380 g/mol. The van der Waals surface area contributed by atoms with Crippen LogP contribution in [0.4, 0.5) is 30.4 Å². The molecule has 0 fully saturated rings. The Morgan fingerprint density at radius 3 is 2.07 bits per heavy atom. The molecule has 144 valence electrons. The number of alkyl halides is 3. The van der Waals surface area contributed by atoms with Gasteiger partial charge in [-0.3, -0.25) is 9.59 Å². The maximum absolute atomic E-state index is 12.6. The molecule has 2 N–H and O–H groups in total. The van der Waals surface area contributed by atoms with Crippen LogP contribution in [0.1, 0.15) is 19.4 Å². The third-order valence-electron chi connectivity index (χ3n) is 3.60. The van der Waals surface area contributed by atoms with E-state index in [2.05, 4.69) is 15.6 Å². The van der Waals surface area contributed by atoms with Crippen molar-refractivity contribution < 1.29 is 22.8 Å². The molecule has 0 aliphatic heterocycles. The van der Waals surface area contributed by atoms with Gasteiger partial charge in [-0.25, -0.2) is 4.98 Å². The molecule has 0 aliphatic rings. The summed E-state index contributed by atoms with van der Waals surface area (Å²) in [6, 6.07) is 8.73. The zero-order valence-corrected chi connectivity index (χ0v) is 14.8. The van der Waals surface area contributed by atoms with Crippen LogP contribution >= 0.6 is 0 Å². The van der Waals surface area contributed by atoms with Gasteiger partial charge in [-0.1, -0.05) is 0 Å². The SMILES string of the molecule is CCN(CC(=O)Nc1ccc(NC(C)=O)cc1)c1ccc(C(F)(F)F)cn1. The van der Waals surface area contributed by atoms with Crippen molar-refractivity contribution in [3.8, 4) is 0 Å². The largest absolute Gasteiger partial charge is 0.417 e. The molecule has 0 spiro atoms. The highest BCUT2D eigenvalue weighted by Gasteiger charge is 2.30. The summed E-state index contributed by atoms with van der Waals surface area (Å²) in [5, 5.41) is 5.31. The zero-order chi connectivity index (χ0) is 20.0. The van der Waals surface area contributed by atoms with Crippen molar-refractivity contribution in [2.24, 2.45) is 0 Å². The minimum Gasteiger partial charge on any atom is -0.348 e. The lowest BCUT2D eigenvalue weighted by Crippen LogP contribution is -2.33. The molecule has 0 saturated heterocycles. The van der Waals surface area contributed by atoms with E-state index < -0.39 is 11.7 Å². The van der Waals surface area contributed by atoms with Gasteiger partial charge in [-0.2, -0.15) is 13.2 Å². The molecular weight excluding hydrogens is 361 g/mol. The molecule has 9 heteroatoms. The Morgan fingerprint density at radius 1 is 1.04 bits per heavy atom. The third kappa shape index (κ3) is 5.98. The second-order valence-electron chi connectivity index (χ2n) is 5.72. The fourth-order valence-electron chi connectivity index (χ4n) is 2.31. The number of benzene rings is 1. The summed E-state index contributed by atoms with van der Waals surface area (Å²) in [7, 11) is 0. The normalized spacial score (nSPS) is 11.0. The first-order chi connectivity index (χ1) is 12.7. The quantitative estimate of drug-likeness (QED) is 0.804. The van der Waals surface area contributed by atoms with Crippen LogP contribution in [-0.2, 0) is 15.8 Å². The van der Waals surface area contributed by atoms with Crippen molar-refractivity contribution >= 4 is 29.0 Å². The molecule has 0 aliphatic carbocycles. The Bertz CT molecular complexity index is 790. The molecule has 2 rings (SSSR count). The van der Waals surface area contributed by atoms with Gasteiger partial charge in [0.2, 0.25) is 11.8 Å². The molecule has 1 aromatic heterocycles. The first-order valence-corrected chi connectivity index (χ1v) is 8.14. The number of pyridine rings is 1. The van der Waals surface area contributed by atoms with Crippen LogP contribution in [0, 0.1) is 0 Å². The van der Waals surface area contributed by atoms with Gasteiger partial charge in [0.25, 0.3) is 0 Å². The molecule has 0 unspecified atom stereocenters. The van der Waals surface area contributed by atoms with E-state index in [1.54, 1.807) is 36.1 Å². The zero-order valence-electron chi connectivity index (χ0n) is 14.8. The van der Waals surface area contributed by atoms with Crippen LogP contribution in [0.5, 0.6) is 0 Å². The molecule has 1 aromatic carbocycles. The highest BCUT2D eigenvalue weighted by atomic mass is 19.4. The van der Waals surface area contributed by atoms with Crippen molar-refractivity contribution in [2.45, 2.75) is 20.0 Å². The van der Waals surface area contributed by atoms with E-state index in [1.165, 1.54) is 13.0 Å². The van der Waals surface area contributed by atoms with Gasteiger partial charge < -0.3 is 15.5 Å². The number of carbonyl (C=O) groups is 2. The Morgan fingerprint density at radius 2 is 1.63 bits per heavy atom. The molecule has 27 heavy (non-hydrogen) atoms. The number of hydrogen-bond acceptors (Lipinski definition) is 4. The predicted molar refractivity (Wildman–Crippen MR) is 96.5 cm³/mol. The fraction of sp³-hybridized carbons (Fsp3) is 0.278. The molecule has 2 aromatic rings. The van der Waals surface area contributed by atoms with E-state index in [9.17, 15) is 22.8 Å². The van der Waals surface area contributed by atoms with Crippen molar-refractivity contribution in [1.82, 2.24) is 4.98 Å². The number of nitrogens with zero attached hydrogens (tertiary/aromatic N) is 2. The van der Waals surface area contributed by atoms with Crippen LogP contribution in [0.25, 0.3) is 0 Å². The van der Waals surface area contributed by atoms with Crippen LogP contribution in [0.15, 0.2) is 42.6 Å². The number of amides is 2. The molecule has 2 amide bonds. The van der Waals surface area contributed by atoms with E-state index >= 15 is 0 Å². The fourth-order valence-corrected chi connectivity index (χ4v) is 2.31. The van der Waals surface area contributed by atoms with Gasteiger partial charge in [0.05, 0.1) is 12.1 Å². The van der Waals surface area contributed by atoms with Crippen molar-refractivity contribution in [2.75, 3.05) is 28.6 Å². The molecule has 0 atom stereocenters. The summed E-state index contributed by atoms with van der Waals surface area (Å²) in [6.45, 7) is 3.49. The second-order valence-corrected chi connectivity index (χ2v) is 5.72. The summed E-state index contributed by atoms with van der Waals surface area (Å²) in [5.74, 6) is -0.262. The third-order valence-corrected chi connectivity index (χ3v) is 3.60. The van der Waals surface area contributed by atoms with Crippen LogP contribution < -0.4 is 15.5 Å². The molecule has 6 nitrogen and oxygen atoms in total. The lowest BCUT2D eigenvalue weighted by Gasteiger charge is -2.21. The number of rotatable bonds is 6. The van der Waals surface area contributed by atoms with Crippen LogP contribution in [0.3, 0.4) is 0 Å². The number of halogens is 3. The van der Waals surface area contributed by atoms with Gasteiger partial charge in [-0.15, -0.1) is 0 Å². The number of likely N-dealkylation sites (N-methyl/N-ethyl adjacent to an activating group) is 1. The average Bonchev–Trinajstić information content (AvgIpc) is 2.60. The molecule has 0 radical (unpaired) electrons. The Hall–Kier alpha value is -3.10. The van der Waals surface area contributed by atoms with Gasteiger partial charge in [-0.05, 0) is 43.3 Å². The average molecular weight is 380 g/mol.